The second-order valence-electron chi connectivity index (χ2n) is 5.47. The first kappa shape index (κ1) is 13.9. The lowest BCUT2D eigenvalue weighted by molar-refractivity contribution is 0.176. The molecule has 1 aliphatic heterocycles. The molecule has 2 heterocycles. The van der Waals surface area contributed by atoms with E-state index in [0.29, 0.717) is 31.2 Å². The minimum atomic E-state index is -0.394. The number of hydrogen-bond acceptors (Lipinski definition) is 3. The molecular weight excluding hydrogens is 244 g/mol. The molecule has 0 aliphatic carbocycles. The SMILES string of the molecule is CC(C)CCn1ccc(NC(=O)N2CCC(O)C2)n1. The number of aliphatic hydroxyl groups is 1. The summed E-state index contributed by atoms with van der Waals surface area (Å²) in [6.45, 7) is 6.20. The topological polar surface area (TPSA) is 70.4 Å². The molecule has 6 nitrogen and oxygen atoms in total. The number of aryl methyl sites for hydroxylation is 1. The van der Waals surface area contributed by atoms with Crippen molar-refractivity contribution >= 4 is 11.8 Å². The lowest BCUT2D eigenvalue weighted by Crippen LogP contribution is -2.33. The van der Waals surface area contributed by atoms with Gasteiger partial charge in [-0.3, -0.25) is 10.00 Å². The van der Waals surface area contributed by atoms with Crippen LogP contribution in [0.3, 0.4) is 0 Å². The highest BCUT2D eigenvalue weighted by Crippen LogP contribution is 2.12. The quantitative estimate of drug-likeness (QED) is 0.868. The van der Waals surface area contributed by atoms with E-state index >= 15 is 0 Å². The van der Waals surface area contributed by atoms with E-state index in [1.807, 2.05) is 10.9 Å². The summed E-state index contributed by atoms with van der Waals surface area (Å²) < 4.78 is 1.84. The Kier molecular flexibility index (Phi) is 4.42. The first-order chi connectivity index (χ1) is 9.04. The summed E-state index contributed by atoms with van der Waals surface area (Å²) in [5.41, 5.74) is 0. The molecule has 1 aliphatic rings. The van der Waals surface area contributed by atoms with Gasteiger partial charge in [-0.15, -0.1) is 0 Å². The third-order valence-corrected chi connectivity index (χ3v) is 3.26. The number of likely N-dealkylation sites (tertiary alicyclic amines) is 1. The minimum absolute atomic E-state index is 0.189. The first-order valence-electron chi connectivity index (χ1n) is 6.82. The zero-order valence-corrected chi connectivity index (χ0v) is 11.5. The van der Waals surface area contributed by atoms with Crippen LogP contribution in [0.1, 0.15) is 26.7 Å². The van der Waals surface area contributed by atoms with Crippen LogP contribution in [0, 0.1) is 5.92 Å². The number of nitrogens with one attached hydrogen (secondary N) is 1. The van der Waals surface area contributed by atoms with Crippen molar-refractivity contribution in [3.63, 3.8) is 0 Å². The molecule has 1 saturated heterocycles. The van der Waals surface area contributed by atoms with E-state index < -0.39 is 6.10 Å². The molecule has 1 atom stereocenters. The number of carbonyl (C=O) groups excluding carboxylic acids is 1. The molecule has 0 saturated carbocycles. The maximum atomic E-state index is 11.9. The standard InChI is InChI=1S/C13H22N4O2/c1-10(2)3-7-17-8-5-12(15-17)14-13(19)16-6-4-11(18)9-16/h5,8,10-11,18H,3-4,6-7,9H2,1-2H3,(H,14,15,19). The molecule has 0 spiro atoms. The van der Waals surface area contributed by atoms with Crippen LogP contribution in [-0.2, 0) is 6.54 Å². The maximum Gasteiger partial charge on any atom is 0.323 e. The summed E-state index contributed by atoms with van der Waals surface area (Å²) in [5, 5.41) is 16.5. The number of aromatic nitrogens is 2. The monoisotopic (exact) mass is 266 g/mol. The Hall–Kier alpha value is -1.56. The largest absolute Gasteiger partial charge is 0.391 e. The Morgan fingerprint density at radius 1 is 1.63 bits per heavy atom. The molecule has 2 rings (SSSR count). The molecule has 1 aromatic rings. The number of nitrogens with zero attached hydrogens (tertiary/aromatic N) is 3. The zero-order valence-electron chi connectivity index (χ0n) is 11.5. The van der Waals surface area contributed by atoms with Gasteiger partial charge in [-0.05, 0) is 18.8 Å². The van der Waals surface area contributed by atoms with E-state index in [1.54, 1.807) is 11.0 Å². The van der Waals surface area contributed by atoms with Crippen molar-refractivity contribution < 1.29 is 9.90 Å². The van der Waals surface area contributed by atoms with Gasteiger partial charge in [-0.1, -0.05) is 13.8 Å². The van der Waals surface area contributed by atoms with Gasteiger partial charge in [-0.2, -0.15) is 5.10 Å². The van der Waals surface area contributed by atoms with Crippen molar-refractivity contribution in [3.05, 3.63) is 12.3 Å². The van der Waals surface area contributed by atoms with Gasteiger partial charge < -0.3 is 10.0 Å². The van der Waals surface area contributed by atoms with Crippen LogP contribution < -0.4 is 5.32 Å². The van der Waals surface area contributed by atoms with Crippen LogP contribution in [0.15, 0.2) is 12.3 Å². The fourth-order valence-corrected chi connectivity index (χ4v) is 2.06. The third-order valence-electron chi connectivity index (χ3n) is 3.26. The molecule has 0 bridgehead atoms. The van der Waals surface area contributed by atoms with Gasteiger partial charge in [0.25, 0.3) is 0 Å². The molecule has 2 N–H and O–H groups in total. The molecule has 106 valence electrons. The average Bonchev–Trinajstić information content (AvgIpc) is 2.95. The number of urea groups is 1. The highest BCUT2D eigenvalue weighted by atomic mass is 16.3. The number of amides is 2. The second kappa shape index (κ2) is 6.06. The Balaban J connectivity index is 1.84. The molecule has 1 fully saturated rings. The summed E-state index contributed by atoms with van der Waals surface area (Å²) in [7, 11) is 0. The number of carbonyl (C=O) groups is 1. The summed E-state index contributed by atoms with van der Waals surface area (Å²) >= 11 is 0. The summed E-state index contributed by atoms with van der Waals surface area (Å²) in [5.74, 6) is 1.20. The summed E-state index contributed by atoms with van der Waals surface area (Å²) in [4.78, 5) is 13.5. The van der Waals surface area contributed by atoms with Crippen LogP contribution in [-0.4, -0.2) is 45.0 Å². The third kappa shape index (κ3) is 3.96. The van der Waals surface area contributed by atoms with Crippen molar-refractivity contribution in [2.24, 2.45) is 5.92 Å². The Bertz CT molecular complexity index is 430. The molecular formula is C13H22N4O2. The lowest BCUT2D eigenvalue weighted by Gasteiger charge is -2.15. The highest BCUT2D eigenvalue weighted by molar-refractivity contribution is 5.88. The Labute approximate surface area is 113 Å². The predicted octanol–water partition coefficient (Wildman–Crippen LogP) is 1.53. The molecule has 0 aromatic carbocycles. The van der Waals surface area contributed by atoms with Gasteiger partial charge in [0, 0.05) is 31.9 Å². The molecule has 19 heavy (non-hydrogen) atoms. The molecule has 6 heteroatoms. The number of anilines is 1. The van der Waals surface area contributed by atoms with Gasteiger partial charge >= 0.3 is 6.03 Å². The fourth-order valence-electron chi connectivity index (χ4n) is 2.06. The van der Waals surface area contributed by atoms with E-state index in [-0.39, 0.29) is 6.03 Å². The van der Waals surface area contributed by atoms with Crippen LogP contribution in [0.5, 0.6) is 0 Å². The maximum absolute atomic E-state index is 11.9. The summed E-state index contributed by atoms with van der Waals surface area (Å²) in [6, 6.07) is 1.61. The van der Waals surface area contributed by atoms with Gasteiger partial charge in [0.2, 0.25) is 0 Å². The van der Waals surface area contributed by atoms with Crippen LogP contribution in [0.4, 0.5) is 10.6 Å². The van der Waals surface area contributed by atoms with E-state index in [0.717, 1.165) is 13.0 Å². The Morgan fingerprint density at radius 2 is 2.42 bits per heavy atom. The lowest BCUT2D eigenvalue weighted by atomic mass is 10.1. The van der Waals surface area contributed by atoms with Crippen LogP contribution in [0.2, 0.25) is 0 Å². The van der Waals surface area contributed by atoms with Crippen molar-refractivity contribution in [2.45, 2.75) is 39.3 Å². The number of rotatable bonds is 4. The smallest absolute Gasteiger partial charge is 0.323 e. The molecule has 1 aromatic heterocycles. The highest BCUT2D eigenvalue weighted by Gasteiger charge is 2.24. The van der Waals surface area contributed by atoms with Crippen molar-refractivity contribution in [3.8, 4) is 0 Å². The number of aliphatic hydroxyl groups excluding tert-OH is 1. The molecule has 2 amide bonds. The van der Waals surface area contributed by atoms with Crippen LogP contribution >= 0.6 is 0 Å². The van der Waals surface area contributed by atoms with Crippen molar-refractivity contribution in [2.75, 3.05) is 18.4 Å². The normalized spacial score (nSPS) is 19.2. The van der Waals surface area contributed by atoms with Gasteiger partial charge in [0.15, 0.2) is 5.82 Å². The van der Waals surface area contributed by atoms with Crippen LogP contribution in [0.25, 0.3) is 0 Å². The number of β-amino-alcohol motifs (C(OH)–C–C–N with tert-alkyl or cyclic N) is 1. The Morgan fingerprint density at radius 3 is 3.05 bits per heavy atom. The van der Waals surface area contributed by atoms with E-state index in [1.165, 1.54) is 0 Å². The zero-order chi connectivity index (χ0) is 13.8. The van der Waals surface area contributed by atoms with Crippen molar-refractivity contribution in [1.82, 2.24) is 14.7 Å². The van der Waals surface area contributed by atoms with Crippen molar-refractivity contribution in [1.29, 1.82) is 0 Å². The van der Waals surface area contributed by atoms with Gasteiger partial charge in [0.1, 0.15) is 0 Å². The molecule has 1 unspecified atom stereocenters. The van der Waals surface area contributed by atoms with E-state index in [2.05, 4.69) is 24.3 Å². The van der Waals surface area contributed by atoms with Gasteiger partial charge in [-0.25, -0.2) is 4.79 Å². The van der Waals surface area contributed by atoms with E-state index in [4.69, 9.17) is 0 Å². The summed E-state index contributed by atoms with van der Waals surface area (Å²) in [6.07, 6.45) is 3.19. The molecule has 0 radical (unpaired) electrons. The average molecular weight is 266 g/mol. The fraction of sp³-hybridized carbons (Fsp3) is 0.692. The predicted molar refractivity (Wildman–Crippen MR) is 72.9 cm³/mol. The van der Waals surface area contributed by atoms with E-state index in [9.17, 15) is 9.90 Å². The minimum Gasteiger partial charge on any atom is -0.391 e. The number of hydrogen-bond donors (Lipinski definition) is 2. The first-order valence-corrected chi connectivity index (χ1v) is 6.82. The second-order valence-corrected chi connectivity index (χ2v) is 5.47. The van der Waals surface area contributed by atoms with Gasteiger partial charge in [0.05, 0.1) is 6.10 Å².